The predicted octanol–water partition coefficient (Wildman–Crippen LogP) is 2.32. The monoisotopic (exact) mass is 312 g/mol. The molecule has 1 aromatic carbocycles. The smallest absolute Gasteiger partial charge is 0.272 e. The molecule has 0 spiro atoms. The van der Waals surface area contributed by atoms with E-state index in [1.807, 2.05) is 31.3 Å². The zero-order chi connectivity index (χ0) is 16.0. The molecule has 5 heteroatoms. The van der Waals surface area contributed by atoms with E-state index in [9.17, 15) is 4.79 Å². The largest absolute Gasteiger partial charge is 0.348 e. The van der Waals surface area contributed by atoms with Crippen LogP contribution in [0.2, 0.25) is 0 Å². The average Bonchev–Trinajstić information content (AvgIpc) is 2.86. The van der Waals surface area contributed by atoms with Crippen LogP contribution in [0.4, 0.5) is 0 Å². The fraction of sp³-hybridized carbons (Fsp3) is 0.556. The molecule has 2 saturated heterocycles. The third-order valence-corrected chi connectivity index (χ3v) is 5.65. The van der Waals surface area contributed by atoms with Gasteiger partial charge in [-0.1, -0.05) is 24.6 Å². The Kier molecular flexibility index (Phi) is 3.60. The summed E-state index contributed by atoms with van der Waals surface area (Å²) in [6, 6.07) is 9.42. The van der Waals surface area contributed by atoms with Crippen LogP contribution in [-0.4, -0.2) is 45.8 Å². The maximum Gasteiger partial charge on any atom is 0.272 e. The molecule has 3 heterocycles. The lowest BCUT2D eigenvalue weighted by atomic mass is 9.82. The summed E-state index contributed by atoms with van der Waals surface area (Å²) in [6.45, 7) is 0. The minimum atomic E-state index is -0.0329. The summed E-state index contributed by atoms with van der Waals surface area (Å²) in [5.41, 5.74) is 1.55. The average molecular weight is 312 g/mol. The third-order valence-electron chi connectivity index (χ3n) is 5.65. The van der Waals surface area contributed by atoms with Gasteiger partial charge >= 0.3 is 0 Å². The number of carbonyl (C=O) groups is 1. The molecule has 0 aliphatic carbocycles. The van der Waals surface area contributed by atoms with Gasteiger partial charge in [0.1, 0.15) is 0 Å². The number of para-hydroxylation sites is 1. The van der Waals surface area contributed by atoms with E-state index < -0.39 is 0 Å². The first-order valence-corrected chi connectivity index (χ1v) is 8.58. The van der Waals surface area contributed by atoms with Crippen molar-refractivity contribution in [2.24, 2.45) is 7.05 Å². The molecular weight excluding hydrogens is 288 g/mol. The van der Waals surface area contributed by atoms with Crippen LogP contribution in [-0.2, 0) is 7.05 Å². The first-order valence-electron chi connectivity index (χ1n) is 8.58. The standard InChI is InChI=1S/C18H24N4O/c1-21-13-6-5-7-14(21)11-12(10-13)19-18(23)17-15-8-3-4-9-16(15)22(2)20-17/h3-4,8-9,12-14H,5-7,10-11H2,1-2H3,(H,19,23)/t12?,13-,14?/m1/s1. The number of piperidine rings is 2. The lowest BCUT2D eigenvalue weighted by molar-refractivity contribution is 0.0462. The summed E-state index contributed by atoms with van der Waals surface area (Å²) in [6.07, 6.45) is 5.95. The first-order chi connectivity index (χ1) is 11.1. The van der Waals surface area contributed by atoms with Gasteiger partial charge < -0.3 is 10.2 Å². The second-order valence-electron chi connectivity index (χ2n) is 7.04. The number of fused-ring (bicyclic) bond motifs is 3. The van der Waals surface area contributed by atoms with Crippen LogP contribution in [0.3, 0.4) is 0 Å². The molecule has 5 nitrogen and oxygen atoms in total. The van der Waals surface area contributed by atoms with E-state index in [0.717, 1.165) is 23.7 Å². The van der Waals surface area contributed by atoms with E-state index in [0.29, 0.717) is 17.8 Å². The van der Waals surface area contributed by atoms with Crippen LogP contribution in [0.5, 0.6) is 0 Å². The fourth-order valence-electron chi connectivity index (χ4n) is 4.37. The predicted molar refractivity (Wildman–Crippen MR) is 90.4 cm³/mol. The molecule has 2 unspecified atom stereocenters. The van der Waals surface area contributed by atoms with Gasteiger partial charge in [0, 0.05) is 30.6 Å². The van der Waals surface area contributed by atoms with Gasteiger partial charge in [-0.15, -0.1) is 0 Å². The van der Waals surface area contributed by atoms with Crippen LogP contribution in [0.1, 0.15) is 42.6 Å². The van der Waals surface area contributed by atoms with Gasteiger partial charge in [-0.05, 0) is 38.8 Å². The topological polar surface area (TPSA) is 50.2 Å². The van der Waals surface area contributed by atoms with Crippen molar-refractivity contribution < 1.29 is 4.79 Å². The van der Waals surface area contributed by atoms with Gasteiger partial charge in [-0.2, -0.15) is 5.10 Å². The highest BCUT2D eigenvalue weighted by molar-refractivity contribution is 6.04. The van der Waals surface area contributed by atoms with Gasteiger partial charge in [0.05, 0.1) is 5.52 Å². The minimum Gasteiger partial charge on any atom is -0.348 e. The number of amides is 1. The molecular formula is C18H24N4O. The molecule has 2 fully saturated rings. The number of benzene rings is 1. The van der Waals surface area contributed by atoms with Crippen LogP contribution in [0.15, 0.2) is 24.3 Å². The van der Waals surface area contributed by atoms with Gasteiger partial charge in [-0.25, -0.2) is 0 Å². The summed E-state index contributed by atoms with van der Waals surface area (Å²) >= 11 is 0. The van der Waals surface area contributed by atoms with E-state index in [1.54, 1.807) is 4.68 Å². The lowest BCUT2D eigenvalue weighted by Gasteiger charge is -2.47. The van der Waals surface area contributed by atoms with Crippen molar-refractivity contribution >= 4 is 16.8 Å². The summed E-state index contributed by atoms with van der Waals surface area (Å²) in [7, 11) is 4.12. The number of nitrogens with one attached hydrogen (secondary N) is 1. The molecule has 23 heavy (non-hydrogen) atoms. The maximum absolute atomic E-state index is 12.7. The highest BCUT2D eigenvalue weighted by atomic mass is 16.2. The van der Waals surface area contributed by atoms with Crippen LogP contribution >= 0.6 is 0 Å². The highest BCUT2D eigenvalue weighted by Crippen LogP contribution is 2.32. The number of aryl methyl sites for hydroxylation is 1. The van der Waals surface area contributed by atoms with Gasteiger partial charge in [0.2, 0.25) is 0 Å². The molecule has 2 aromatic rings. The third kappa shape index (κ3) is 2.53. The van der Waals surface area contributed by atoms with Crippen LogP contribution in [0, 0.1) is 0 Å². The Morgan fingerprint density at radius 3 is 2.61 bits per heavy atom. The number of nitrogens with zero attached hydrogens (tertiary/aromatic N) is 3. The molecule has 2 aliphatic heterocycles. The summed E-state index contributed by atoms with van der Waals surface area (Å²) < 4.78 is 1.79. The summed E-state index contributed by atoms with van der Waals surface area (Å²) in [5, 5.41) is 8.62. The fourth-order valence-corrected chi connectivity index (χ4v) is 4.37. The second-order valence-corrected chi connectivity index (χ2v) is 7.04. The normalized spacial score (nSPS) is 28.0. The Balaban J connectivity index is 1.54. The van der Waals surface area contributed by atoms with Crippen molar-refractivity contribution in [1.82, 2.24) is 20.0 Å². The van der Waals surface area contributed by atoms with Gasteiger partial charge in [0.25, 0.3) is 5.91 Å². The van der Waals surface area contributed by atoms with E-state index in [4.69, 9.17) is 0 Å². The number of carbonyl (C=O) groups excluding carboxylic acids is 1. The summed E-state index contributed by atoms with van der Waals surface area (Å²) in [4.78, 5) is 15.3. The molecule has 1 amide bonds. The quantitative estimate of drug-likeness (QED) is 0.926. The molecule has 1 aromatic heterocycles. The molecule has 0 radical (unpaired) electrons. The van der Waals surface area contributed by atoms with Crippen LogP contribution < -0.4 is 5.32 Å². The maximum atomic E-state index is 12.7. The van der Waals surface area contributed by atoms with E-state index in [-0.39, 0.29) is 11.9 Å². The lowest BCUT2D eigenvalue weighted by Crippen LogP contribution is -2.55. The minimum absolute atomic E-state index is 0.0329. The second kappa shape index (κ2) is 5.64. The SMILES string of the molecule is CN1C2CCC[C@@H]1CC(NC(=O)c1nn(C)c3ccccc13)C2. The van der Waals surface area contributed by atoms with Gasteiger partial charge in [-0.3, -0.25) is 9.48 Å². The highest BCUT2D eigenvalue weighted by Gasteiger charge is 2.36. The molecule has 122 valence electrons. The van der Waals surface area contributed by atoms with Crippen molar-refractivity contribution in [3.63, 3.8) is 0 Å². The van der Waals surface area contributed by atoms with Crippen molar-refractivity contribution in [1.29, 1.82) is 0 Å². The van der Waals surface area contributed by atoms with Crippen molar-refractivity contribution in [3.05, 3.63) is 30.0 Å². The zero-order valence-electron chi connectivity index (χ0n) is 13.8. The van der Waals surface area contributed by atoms with E-state index >= 15 is 0 Å². The first kappa shape index (κ1) is 14.7. The molecule has 2 bridgehead atoms. The molecule has 0 saturated carbocycles. The van der Waals surface area contributed by atoms with Crippen molar-refractivity contribution in [2.45, 2.75) is 50.2 Å². The number of hydrogen-bond donors (Lipinski definition) is 1. The Labute approximate surface area is 136 Å². The van der Waals surface area contributed by atoms with Crippen molar-refractivity contribution in [2.75, 3.05) is 7.05 Å². The number of aromatic nitrogens is 2. The van der Waals surface area contributed by atoms with E-state index in [2.05, 4.69) is 22.4 Å². The number of rotatable bonds is 2. The molecule has 3 atom stereocenters. The zero-order valence-corrected chi connectivity index (χ0v) is 13.8. The molecule has 4 rings (SSSR count). The van der Waals surface area contributed by atoms with Gasteiger partial charge in [0.15, 0.2) is 5.69 Å². The number of hydrogen-bond acceptors (Lipinski definition) is 3. The Morgan fingerprint density at radius 2 is 1.87 bits per heavy atom. The van der Waals surface area contributed by atoms with E-state index in [1.165, 1.54) is 19.3 Å². The van der Waals surface area contributed by atoms with Crippen LogP contribution in [0.25, 0.3) is 10.9 Å². The Morgan fingerprint density at radius 1 is 1.17 bits per heavy atom. The Hall–Kier alpha value is -1.88. The molecule has 1 N–H and O–H groups in total. The Bertz CT molecular complexity index is 724. The molecule has 2 aliphatic rings. The summed E-state index contributed by atoms with van der Waals surface area (Å²) in [5.74, 6) is -0.0329. The van der Waals surface area contributed by atoms with Crippen molar-refractivity contribution in [3.8, 4) is 0 Å².